The highest BCUT2D eigenvalue weighted by atomic mass is 35.5. The fourth-order valence-corrected chi connectivity index (χ4v) is 2.16. The van der Waals surface area contributed by atoms with Gasteiger partial charge < -0.3 is 14.2 Å². The molecule has 0 amide bonds. The third-order valence-corrected chi connectivity index (χ3v) is 4.15. The zero-order valence-corrected chi connectivity index (χ0v) is 16.0. The predicted molar refractivity (Wildman–Crippen MR) is 97.2 cm³/mol. The van der Waals surface area contributed by atoms with Crippen molar-refractivity contribution in [2.45, 2.75) is 38.9 Å². The first-order valence-electron chi connectivity index (χ1n) is 8.23. The van der Waals surface area contributed by atoms with Gasteiger partial charge >= 0.3 is 5.97 Å². The van der Waals surface area contributed by atoms with Crippen LogP contribution in [0.2, 0.25) is 10.0 Å². The van der Waals surface area contributed by atoms with Crippen molar-refractivity contribution in [1.29, 1.82) is 0 Å². The molecule has 2 rings (SSSR count). The number of carbonyl (C=O) groups excluding carboxylic acids is 2. The van der Waals surface area contributed by atoms with Gasteiger partial charge in [0.05, 0.1) is 22.6 Å². The topological polar surface area (TPSA) is 61.8 Å². The number of carbonyl (C=O) groups is 2. The van der Waals surface area contributed by atoms with Crippen LogP contribution < -0.4 is 0 Å². The van der Waals surface area contributed by atoms with Crippen LogP contribution in [0.4, 0.5) is 0 Å². The Bertz CT molecular complexity index is 546. The van der Waals surface area contributed by atoms with E-state index in [-0.39, 0.29) is 18.2 Å². The van der Waals surface area contributed by atoms with Crippen LogP contribution in [0.5, 0.6) is 0 Å². The van der Waals surface area contributed by atoms with Gasteiger partial charge in [0.1, 0.15) is 12.9 Å². The van der Waals surface area contributed by atoms with Gasteiger partial charge in [-0.15, -0.1) is 0 Å². The van der Waals surface area contributed by atoms with Gasteiger partial charge in [-0.1, -0.05) is 42.6 Å². The number of ether oxygens (including phenoxy) is 3. The molecule has 0 bridgehead atoms. The third-order valence-electron chi connectivity index (χ3n) is 3.41. The molecule has 0 N–H and O–H groups in total. The van der Waals surface area contributed by atoms with Crippen molar-refractivity contribution in [3.8, 4) is 0 Å². The summed E-state index contributed by atoms with van der Waals surface area (Å²) in [6, 6.07) is 4.73. The van der Waals surface area contributed by atoms with E-state index in [1.54, 1.807) is 19.2 Å². The SMILES string of the molecule is CCCC(OC)OCCOC(=O)C1CC1.O=Cc1ccc(Cl)c(Cl)c1. The minimum atomic E-state index is -0.172. The van der Waals surface area contributed by atoms with Crippen LogP contribution >= 0.6 is 23.2 Å². The molecule has 1 saturated carbocycles. The highest BCUT2D eigenvalue weighted by molar-refractivity contribution is 6.42. The number of esters is 1. The molecule has 25 heavy (non-hydrogen) atoms. The Morgan fingerprint density at radius 1 is 1.28 bits per heavy atom. The Hall–Kier alpha value is -1.14. The summed E-state index contributed by atoms with van der Waals surface area (Å²) in [5.74, 6) is 0.0851. The van der Waals surface area contributed by atoms with Crippen LogP contribution in [0.1, 0.15) is 43.0 Å². The summed E-state index contributed by atoms with van der Waals surface area (Å²) in [6.45, 7) is 2.82. The van der Waals surface area contributed by atoms with Crippen molar-refractivity contribution >= 4 is 35.5 Å². The molecule has 140 valence electrons. The van der Waals surface area contributed by atoms with Gasteiger partial charge in [-0.2, -0.15) is 0 Å². The summed E-state index contributed by atoms with van der Waals surface area (Å²) in [5.41, 5.74) is 0.536. The molecule has 0 aromatic heterocycles. The van der Waals surface area contributed by atoms with Crippen molar-refractivity contribution < 1.29 is 23.8 Å². The Morgan fingerprint density at radius 3 is 2.52 bits per heavy atom. The lowest BCUT2D eigenvalue weighted by Crippen LogP contribution is -2.19. The van der Waals surface area contributed by atoms with E-state index in [4.69, 9.17) is 37.4 Å². The number of halogens is 2. The van der Waals surface area contributed by atoms with Crippen LogP contribution in [-0.4, -0.2) is 38.9 Å². The first kappa shape index (κ1) is 21.9. The van der Waals surface area contributed by atoms with Crippen LogP contribution in [0.25, 0.3) is 0 Å². The molecule has 0 aliphatic heterocycles. The van der Waals surface area contributed by atoms with Gasteiger partial charge in [-0.3, -0.25) is 9.59 Å². The van der Waals surface area contributed by atoms with Gasteiger partial charge in [0.15, 0.2) is 6.29 Å². The largest absolute Gasteiger partial charge is 0.463 e. The quantitative estimate of drug-likeness (QED) is 0.268. The second-order valence-electron chi connectivity index (χ2n) is 5.56. The number of aldehydes is 1. The standard InChI is InChI=1S/C11H20O4.C7H4Cl2O/c1-3-4-10(13-2)14-7-8-15-11(12)9-5-6-9;8-6-2-1-5(4-10)3-7(6)9/h9-10H,3-8H2,1-2H3;1-4H. The van der Waals surface area contributed by atoms with E-state index in [1.165, 1.54) is 6.07 Å². The molecule has 1 aliphatic rings. The Balaban J connectivity index is 0.000000271. The van der Waals surface area contributed by atoms with E-state index >= 15 is 0 Å². The van der Waals surface area contributed by atoms with Gasteiger partial charge in [0.2, 0.25) is 0 Å². The van der Waals surface area contributed by atoms with Crippen LogP contribution in [-0.2, 0) is 19.0 Å². The van der Waals surface area contributed by atoms with E-state index in [9.17, 15) is 9.59 Å². The Morgan fingerprint density at radius 2 is 2.00 bits per heavy atom. The molecule has 1 fully saturated rings. The molecule has 1 unspecified atom stereocenters. The molecule has 0 heterocycles. The fraction of sp³-hybridized carbons (Fsp3) is 0.556. The average Bonchev–Trinajstić information content (AvgIpc) is 3.45. The lowest BCUT2D eigenvalue weighted by Gasteiger charge is -2.15. The average molecular weight is 391 g/mol. The number of methoxy groups -OCH3 is 1. The summed E-state index contributed by atoms with van der Waals surface area (Å²) >= 11 is 11.2. The number of hydrogen-bond donors (Lipinski definition) is 0. The van der Waals surface area contributed by atoms with Gasteiger partial charge in [-0.05, 0) is 31.4 Å². The highest BCUT2D eigenvalue weighted by Gasteiger charge is 2.31. The second-order valence-corrected chi connectivity index (χ2v) is 6.37. The molecule has 1 aromatic carbocycles. The van der Waals surface area contributed by atoms with E-state index in [0.717, 1.165) is 32.0 Å². The summed E-state index contributed by atoms with van der Waals surface area (Å²) in [4.78, 5) is 21.3. The van der Waals surface area contributed by atoms with E-state index in [0.29, 0.717) is 28.8 Å². The zero-order chi connectivity index (χ0) is 18.7. The molecular formula is C18H24Cl2O5. The highest BCUT2D eigenvalue weighted by Crippen LogP contribution is 2.29. The van der Waals surface area contributed by atoms with Gasteiger partial charge in [0, 0.05) is 12.7 Å². The van der Waals surface area contributed by atoms with E-state index < -0.39 is 0 Å². The molecule has 1 aliphatic carbocycles. The van der Waals surface area contributed by atoms with Crippen molar-refractivity contribution in [1.82, 2.24) is 0 Å². The predicted octanol–water partition coefficient (Wildman–Crippen LogP) is 4.53. The maximum Gasteiger partial charge on any atom is 0.309 e. The number of rotatable bonds is 9. The molecule has 1 atom stereocenters. The molecule has 7 heteroatoms. The minimum absolute atomic E-state index is 0.0805. The van der Waals surface area contributed by atoms with Gasteiger partial charge in [0.25, 0.3) is 0 Å². The first-order chi connectivity index (χ1) is 12.0. The smallest absolute Gasteiger partial charge is 0.309 e. The van der Waals surface area contributed by atoms with Crippen LogP contribution in [0, 0.1) is 5.92 Å². The minimum Gasteiger partial charge on any atom is -0.463 e. The zero-order valence-electron chi connectivity index (χ0n) is 14.5. The normalized spacial score (nSPS) is 14.2. The summed E-state index contributed by atoms with van der Waals surface area (Å²) in [7, 11) is 1.62. The third kappa shape index (κ3) is 9.21. The number of benzene rings is 1. The molecule has 5 nitrogen and oxygen atoms in total. The van der Waals surface area contributed by atoms with E-state index in [2.05, 4.69) is 6.92 Å². The first-order valence-corrected chi connectivity index (χ1v) is 8.98. The maximum absolute atomic E-state index is 11.1. The summed E-state index contributed by atoms with van der Waals surface area (Å²) in [5, 5.41) is 0.874. The van der Waals surface area contributed by atoms with Crippen molar-refractivity contribution in [3.63, 3.8) is 0 Å². The monoisotopic (exact) mass is 390 g/mol. The lowest BCUT2D eigenvalue weighted by molar-refractivity contribution is -0.157. The summed E-state index contributed by atoms with van der Waals surface area (Å²) in [6.07, 6.45) is 4.40. The number of hydrogen-bond acceptors (Lipinski definition) is 5. The van der Waals surface area contributed by atoms with Crippen molar-refractivity contribution in [3.05, 3.63) is 33.8 Å². The lowest BCUT2D eigenvalue weighted by atomic mass is 10.2. The molecule has 0 saturated heterocycles. The second kappa shape index (κ2) is 12.3. The molecule has 0 radical (unpaired) electrons. The van der Waals surface area contributed by atoms with Crippen molar-refractivity contribution in [2.75, 3.05) is 20.3 Å². The Labute approximate surface area is 158 Å². The maximum atomic E-state index is 11.1. The Kier molecular flexibility index (Phi) is 10.7. The van der Waals surface area contributed by atoms with Crippen LogP contribution in [0.15, 0.2) is 18.2 Å². The van der Waals surface area contributed by atoms with Gasteiger partial charge in [-0.25, -0.2) is 0 Å². The molecule has 1 aromatic rings. The summed E-state index contributed by atoms with van der Waals surface area (Å²) < 4.78 is 15.5. The van der Waals surface area contributed by atoms with Crippen molar-refractivity contribution in [2.24, 2.45) is 5.92 Å². The van der Waals surface area contributed by atoms with E-state index in [1.807, 2.05) is 0 Å². The molecular weight excluding hydrogens is 367 g/mol. The fourth-order valence-electron chi connectivity index (χ4n) is 1.85. The van der Waals surface area contributed by atoms with Crippen LogP contribution in [0.3, 0.4) is 0 Å². The molecule has 0 spiro atoms.